The Kier molecular flexibility index (Phi) is 5.18. The Labute approximate surface area is 135 Å². The number of Topliss-reactive ketones (excluding diaryl/α,β-unsaturated/α-hetero) is 1. The van der Waals surface area contributed by atoms with Crippen molar-refractivity contribution >= 4 is 17.4 Å². The second-order valence-electron chi connectivity index (χ2n) is 4.88. The molecule has 0 aliphatic carbocycles. The van der Waals surface area contributed by atoms with Crippen LogP contribution in [0.3, 0.4) is 0 Å². The SMILES string of the molecule is CC(=O)c1cccc(NC(=O)c2ccc(OCC(F)(F)F)nc2)c1. The van der Waals surface area contributed by atoms with Crippen LogP contribution < -0.4 is 10.1 Å². The molecule has 1 aromatic heterocycles. The molecule has 5 nitrogen and oxygen atoms in total. The van der Waals surface area contributed by atoms with Crippen LogP contribution >= 0.6 is 0 Å². The van der Waals surface area contributed by atoms with E-state index in [1.807, 2.05) is 0 Å². The molecule has 0 aliphatic rings. The van der Waals surface area contributed by atoms with Gasteiger partial charge in [0.15, 0.2) is 12.4 Å². The van der Waals surface area contributed by atoms with Crippen molar-refractivity contribution in [3.05, 3.63) is 53.7 Å². The van der Waals surface area contributed by atoms with E-state index < -0.39 is 18.7 Å². The third-order valence-corrected chi connectivity index (χ3v) is 2.91. The number of anilines is 1. The number of ketones is 1. The summed E-state index contributed by atoms with van der Waals surface area (Å²) in [6, 6.07) is 8.84. The Bertz CT molecular complexity index is 743. The molecule has 0 aliphatic heterocycles. The number of ether oxygens (including phenoxy) is 1. The number of carbonyl (C=O) groups excluding carboxylic acids is 2. The molecular weight excluding hydrogens is 325 g/mol. The molecule has 0 spiro atoms. The molecular formula is C16H13F3N2O3. The molecule has 0 bridgehead atoms. The van der Waals surface area contributed by atoms with Crippen molar-refractivity contribution in [3.8, 4) is 5.88 Å². The Morgan fingerprint density at radius 2 is 1.92 bits per heavy atom. The number of hydrogen-bond donors (Lipinski definition) is 1. The Hall–Kier alpha value is -2.90. The van der Waals surface area contributed by atoms with E-state index in [0.29, 0.717) is 11.3 Å². The Morgan fingerprint density at radius 1 is 1.17 bits per heavy atom. The summed E-state index contributed by atoms with van der Waals surface area (Å²) in [6.07, 6.45) is -3.35. The minimum atomic E-state index is -4.46. The molecule has 0 saturated heterocycles. The number of aromatic nitrogens is 1. The zero-order chi connectivity index (χ0) is 17.7. The quantitative estimate of drug-likeness (QED) is 0.848. The predicted octanol–water partition coefficient (Wildman–Crippen LogP) is 3.48. The third kappa shape index (κ3) is 5.08. The van der Waals surface area contributed by atoms with Crippen LogP contribution in [0.2, 0.25) is 0 Å². The zero-order valence-corrected chi connectivity index (χ0v) is 12.6. The van der Waals surface area contributed by atoms with Crippen LogP contribution in [0.5, 0.6) is 5.88 Å². The normalized spacial score (nSPS) is 11.0. The molecule has 1 heterocycles. The predicted molar refractivity (Wildman–Crippen MR) is 80.2 cm³/mol. The van der Waals surface area contributed by atoms with Gasteiger partial charge in [-0.2, -0.15) is 13.2 Å². The molecule has 1 N–H and O–H groups in total. The highest BCUT2D eigenvalue weighted by molar-refractivity contribution is 6.05. The van der Waals surface area contributed by atoms with Crippen LogP contribution in [0, 0.1) is 0 Å². The number of pyridine rings is 1. The molecule has 0 atom stereocenters. The number of nitrogens with zero attached hydrogens (tertiary/aromatic N) is 1. The summed E-state index contributed by atoms with van der Waals surface area (Å²) in [6.45, 7) is -0.0477. The second kappa shape index (κ2) is 7.12. The summed E-state index contributed by atoms with van der Waals surface area (Å²) in [4.78, 5) is 27.0. The van der Waals surface area contributed by atoms with E-state index in [4.69, 9.17) is 0 Å². The maximum absolute atomic E-state index is 12.1. The Morgan fingerprint density at radius 3 is 2.50 bits per heavy atom. The topological polar surface area (TPSA) is 68.3 Å². The first-order chi connectivity index (χ1) is 11.2. The highest BCUT2D eigenvalue weighted by Crippen LogP contribution is 2.17. The van der Waals surface area contributed by atoms with Crippen LogP contribution in [-0.4, -0.2) is 29.5 Å². The van der Waals surface area contributed by atoms with Gasteiger partial charge >= 0.3 is 6.18 Å². The van der Waals surface area contributed by atoms with Crippen LogP contribution in [0.4, 0.5) is 18.9 Å². The molecule has 0 radical (unpaired) electrons. The van der Waals surface area contributed by atoms with Gasteiger partial charge in [0.05, 0.1) is 5.56 Å². The second-order valence-corrected chi connectivity index (χ2v) is 4.88. The molecule has 126 valence electrons. The fourth-order valence-electron chi connectivity index (χ4n) is 1.77. The molecule has 2 aromatic rings. The van der Waals surface area contributed by atoms with E-state index in [-0.39, 0.29) is 17.2 Å². The fourth-order valence-corrected chi connectivity index (χ4v) is 1.77. The van der Waals surface area contributed by atoms with E-state index in [2.05, 4.69) is 15.0 Å². The lowest BCUT2D eigenvalue weighted by Gasteiger charge is -2.09. The van der Waals surface area contributed by atoms with Gasteiger partial charge in [-0.25, -0.2) is 4.98 Å². The van der Waals surface area contributed by atoms with Gasteiger partial charge in [0.2, 0.25) is 5.88 Å². The van der Waals surface area contributed by atoms with Gasteiger partial charge < -0.3 is 10.1 Å². The highest BCUT2D eigenvalue weighted by atomic mass is 19.4. The van der Waals surface area contributed by atoms with Gasteiger partial charge in [-0.05, 0) is 25.1 Å². The molecule has 24 heavy (non-hydrogen) atoms. The highest BCUT2D eigenvalue weighted by Gasteiger charge is 2.28. The summed E-state index contributed by atoms with van der Waals surface area (Å²) in [5.41, 5.74) is 1.01. The summed E-state index contributed by atoms with van der Waals surface area (Å²) in [5.74, 6) is -0.882. The molecule has 8 heteroatoms. The van der Waals surface area contributed by atoms with Crippen LogP contribution in [0.15, 0.2) is 42.6 Å². The van der Waals surface area contributed by atoms with Crippen molar-refractivity contribution in [3.63, 3.8) is 0 Å². The van der Waals surface area contributed by atoms with Crippen molar-refractivity contribution in [2.75, 3.05) is 11.9 Å². The lowest BCUT2D eigenvalue weighted by atomic mass is 10.1. The maximum Gasteiger partial charge on any atom is 0.422 e. The number of alkyl halides is 3. The molecule has 0 fully saturated rings. The number of halogens is 3. The average Bonchev–Trinajstić information content (AvgIpc) is 2.53. The van der Waals surface area contributed by atoms with Crippen LogP contribution in [-0.2, 0) is 0 Å². The smallest absolute Gasteiger partial charge is 0.422 e. The van der Waals surface area contributed by atoms with Gasteiger partial charge in [0, 0.05) is 23.5 Å². The molecule has 1 aromatic carbocycles. The van der Waals surface area contributed by atoms with Gasteiger partial charge in [-0.1, -0.05) is 12.1 Å². The van der Waals surface area contributed by atoms with Gasteiger partial charge in [-0.15, -0.1) is 0 Å². The fraction of sp³-hybridized carbons (Fsp3) is 0.188. The number of carbonyl (C=O) groups is 2. The van der Waals surface area contributed by atoms with Crippen LogP contribution in [0.1, 0.15) is 27.6 Å². The van der Waals surface area contributed by atoms with Crippen molar-refractivity contribution in [1.29, 1.82) is 0 Å². The molecule has 0 unspecified atom stereocenters. The van der Waals surface area contributed by atoms with E-state index >= 15 is 0 Å². The summed E-state index contributed by atoms with van der Waals surface area (Å²) >= 11 is 0. The van der Waals surface area contributed by atoms with E-state index in [1.54, 1.807) is 18.2 Å². The number of benzene rings is 1. The third-order valence-electron chi connectivity index (χ3n) is 2.91. The van der Waals surface area contributed by atoms with Gasteiger partial charge in [0.25, 0.3) is 5.91 Å². The first kappa shape index (κ1) is 17.5. The van der Waals surface area contributed by atoms with E-state index in [1.165, 1.54) is 25.1 Å². The number of rotatable bonds is 5. The van der Waals surface area contributed by atoms with E-state index in [0.717, 1.165) is 6.20 Å². The Balaban J connectivity index is 2.02. The summed E-state index contributed by atoms with van der Waals surface area (Å²) in [5, 5.41) is 2.58. The first-order valence-corrected chi connectivity index (χ1v) is 6.82. The van der Waals surface area contributed by atoms with E-state index in [9.17, 15) is 22.8 Å². The van der Waals surface area contributed by atoms with Crippen LogP contribution in [0.25, 0.3) is 0 Å². The molecule has 1 amide bonds. The molecule has 0 saturated carbocycles. The van der Waals surface area contributed by atoms with Crippen molar-refractivity contribution in [2.24, 2.45) is 0 Å². The summed E-state index contributed by atoms with van der Waals surface area (Å²) in [7, 11) is 0. The summed E-state index contributed by atoms with van der Waals surface area (Å²) < 4.78 is 40.6. The lowest BCUT2D eigenvalue weighted by Crippen LogP contribution is -2.19. The zero-order valence-electron chi connectivity index (χ0n) is 12.6. The maximum atomic E-state index is 12.1. The molecule has 2 rings (SSSR count). The average molecular weight is 338 g/mol. The number of amides is 1. The van der Waals surface area contributed by atoms with Gasteiger partial charge in [0.1, 0.15) is 0 Å². The first-order valence-electron chi connectivity index (χ1n) is 6.82. The van der Waals surface area contributed by atoms with Crippen molar-refractivity contribution < 1.29 is 27.5 Å². The largest absolute Gasteiger partial charge is 0.468 e. The number of hydrogen-bond acceptors (Lipinski definition) is 4. The standard InChI is InChI=1S/C16H13F3N2O3/c1-10(22)11-3-2-4-13(7-11)21-15(23)12-5-6-14(20-8-12)24-9-16(17,18)19/h2-8H,9H2,1H3,(H,21,23). The van der Waals surface area contributed by atoms with Crippen molar-refractivity contribution in [1.82, 2.24) is 4.98 Å². The number of nitrogens with one attached hydrogen (secondary N) is 1. The lowest BCUT2D eigenvalue weighted by molar-refractivity contribution is -0.154. The minimum Gasteiger partial charge on any atom is -0.468 e. The monoisotopic (exact) mass is 338 g/mol. The van der Waals surface area contributed by atoms with Gasteiger partial charge in [-0.3, -0.25) is 9.59 Å². The van der Waals surface area contributed by atoms with Crippen molar-refractivity contribution in [2.45, 2.75) is 13.1 Å². The minimum absolute atomic E-state index is 0.140.